The van der Waals surface area contributed by atoms with E-state index in [0.717, 1.165) is 30.0 Å². The van der Waals surface area contributed by atoms with Crippen molar-refractivity contribution in [1.82, 2.24) is 4.98 Å². The van der Waals surface area contributed by atoms with E-state index < -0.39 is 0 Å². The van der Waals surface area contributed by atoms with Crippen LogP contribution in [0, 0.1) is 18.8 Å². The van der Waals surface area contributed by atoms with E-state index >= 15 is 0 Å². The first-order chi connectivity index (χ1) is 8.20. The third-order valence-corrected chi connectivity index (χ3v) is 3.93. The molecule has 0 radical (unpaired) electrons. The van der Waals surface area contributed by atoms with E-state index in [1.54, 1.807) is 6.20 Å². The van der Waals surface area contributed by atoms with E-state index in [1.807, 2.05) is 19.1 Å². The summed E-state index contributed by atoms with van der Waals surface area (Å²) in [7, 11) is 0. The second-order valence-corrected chi connectivity index (χ2v) is 5.19. The number of Topliss-reactive ketones (excluding diaryl/α,β-unsaturated/α-hetero) is 1. The molecule has 0 spiro atoms. The Labute approximate surface area is 103 Å². The zero-order valence-corrected chi connectivity index (χ0v) is 10.8. The predicted octanol–water partition coefficient (Wildman–Crippen LogP) is 3.79. The normalized spacial score (nSPS) is 24.6. The van der Waals surface area contributed by atoms with Crippen LogP contribution in [-0.4, -0.2) is 10.8 Å². The minimum atomic E-state index is 0.234. The number of hydrogen-bond acceptors (Lipinski definition) is 2. The number of nitrogens with zero attached hydrogens (tertiary/aromatic N) is 1. The highest BCUT2D eigenvalue weighted by Gasteiger charge is 2.27. The Balaban J connectivity index is 2.06. The summed E-state index contributed by atoms with van der Waals surface area (Å²) in [6, 6.07) is 3.84. The molecular formula is C15H21NO. The molecule has 92 valence electrons. The molecule has 0 aliphatic heterocycles. The maximum absolute atomic E-state index is 12.3. The van der Waals surface area contributed by atoms with Crippen molar-refractivity contribution in [2.45, 2.75) is 46.0 Å². The van der Waals surface area contributed by atoms with Crippen LogP contribution in [0.15, 0.2) is 18.3 Å². The van der Waals surface area contributed by atoms with Gasteiger partial charge in [0.1, 0.15) is 0 Å². The van der Waals surface area contributed by atoms with Gasteiger partial charge in [0.25, 0.3) is 0 Å². The lowest BCUT2D eigenvalue weighted by atomic mass is 9.77. The maximum Gasteiger partial charge on any atom is 0.167 e. The smallest absolute Gasteiger partial charge is 0.167 e. The molecular weight excluding hydrogens is 210 g/mol. The van der Waals surface area contributed by atoms with Crippen LogP contribution in [0.25, 0.3) is 0 Å². The van der Waals surface area contributed by atoms with E-state index in [-0.39, 0.29) is 5.92 Å². The van der Waals surface area contributed by atoms with Gasteiger partial charge in [-0.25, -0.2) is 0 Å². The lowest BCUT2D eigenvalue weighted by Crippen LogP contribution is -2.23. The number of hydrogen-bond donors (Lipinski definition) is 0. The zero-order chi connectivity index (χ0) is 12.3. The van der Waals surface area contributed by atoms with E-state index in [2.05, 4.69) is 11.9 Å². The van der Waals surface area contributed by atoms with Gasteiger partial charge < -0.3 is 0 Å². The van der Waals surface area contributed by atoms with Gasteiger partial charge in [-0.15, -0.1) is 0 Å². The molecule has 0 saturated heterocycles. The molecule has 1 heterocycles. The van der Waals surface area contributed by atoms with Gasteiger partial charge in [-0.3, -0.25) is 9.78 Å². The number of ketones is 1. The third-order valence-electron chi connectivity index (χ3n) is 3.93. The highest BCUT2D eigenvalue weighted by molar-refractivity contribution is 5.97. The van der Waals surface area contributed by atoms with Crippen molar-refractivity contribution < 1.29 is 4.79 Å². The van der Waals surface area contributed by atoms with Crippen molar-refractivity contribution in [2.24, 2.45) is 11.8 Å². The van der Waals surface area contributed by atoms with Crippen LogP contribution in [0.5, 0.6) is 0 Å². The Bertz CT molecular complexity index is 382. The summed E-state index contributed by atoms with van der Waals surface area (Å²) in [6.45, 7) is 4.17. The Morgan fingerprint density at radius 2 is 2.24 bits per heavy atom. The van der Waals surface area contributed by atoms with Gasteiger partial charge >= 0.3 is 0 Å². The second kappa shape index (κ2) is 5.44. The minimum Gasteiger partial charge on any atom is -0.294 e. The highest BCUT2D eigenvalue weighted by Crippen LogP contribution is 2.32. The number of rotatable bonds is 3. The van der Waals surface area contributed by atoms with Gasteiger partial charge in [0.2, 0.25) is 0 Å². The molecule has 0 aromatic carbocycles. The van der Waals surface area contributed by atoms with Gasteiger partial charge in [0, 0.05) is 23.4 Å². The molecule has 1 aromatic rings. The van der Waals surface area contributed by atoms with E-state index in [4.69, 9.17) is 0 Å². The Hall–Kier alpha value is -1.18. The molecule has 2 atom stereocenters. The molecule has 2 nitrogen and oxygen atoms in total. The fourth-order valence-electron chi connectivity index (χ4n) is 2.75. The minimum absolute atomic E-state index is 0.234. The molecule has 1 fully saturated rings. The predicted molar refractivity (Wildman–Crippen MR) is 69.0 cm³/mol. The molecule has 17 heavy (non-hydrogen) atoms. The van der Waals surface area contributed by atoms with Gasteiger partial charge in [-0.1, -0.05) is 26.2 Å². The third kappa shape index (κ3) is 2.93. The van der Waals surface area contributed by atoms with E-state index in [0.29, 0.717) is 5.78 Å². The number of aryl methyl sites for hydroxylation is 1. The first kappa shape index (κ1) is 12.3. The number of carbonyl (C=O) groups is 1. The quantitative estimate of drug-likeness (QED) is 0.741. The van der Waals surface area contributed by atoms with Crippen LogP contribution in [-0.2, 0) is 0 Å². The first-order valence-electron chi connectivity index (χ1n) is 6.67. The molecule has 0 bridgehead atoms. The van der Waals surface area contributed by atoms with Crippen molar-refractivity contribution in [2.75, 3.05) is 0 Å². The number of aromatic nitrogens is 1. The summed E-state index contributed by atoms with van der Waals surface area (Å²) < 4.78 is 0. The average molecular weight is 231 g/mol. The Kier molecular flexibility index (Phi) is 3.93. The summed E-state index contributed by atoms with van der Waals surface area (Å²) in [4.78, 5) is 16.5. The second-order valence-electron chi connectivity index (χ2n) is 5.19. The van der Waals surface area contributed by atoms with Crippen LogP contribution in [0.3, 0.4) is 0 Å². The zero-order valence-electron chi connectivity index (χ0n) is 10.8. The van der Waals surface area contributed by atoms with Crippen molar-refractivity contribution in [3.63, 3.8) is 0 Å². The molecule has 2 heteroatoms. The number of carbonyl (C=O) groups excluding carboxylic acids is 1. The average Bonchev–Trinajstić information content (AvgIpc) is 2.39. The van der Waals surface area contributed by atoms with Gasteiger partial charge in [-0.05, 0) is 37.8 Å². The lowest BCUT2D eigenvalue weighted by Gasteiger charge is -2.27. The lowest BCUT2D eigenvalue weighted by molar-refractivity contribution is 0.0861. The molecule has 0 amide bonds. The van der Waals surface area contributed by atoms with Gasteiger partial charge in [-0.2, -0.15) is 0 Å². The largest absolute Gasteiger partial charge is 0.294 e. The van der Waals surface area contributed by atoms with Crippen LogP contribution in [0.1, 0.15) is 55.1 Å². The topological polar surface area (TPSA) is 30.0 Å². The monoisotopic (exact) mass is 231 g/mol. The summed E-state index contributed by atoms with van der Waals surface area (Å²) in [5.74, 6) is 1.28. The first-order valence-corrected chi connectivity index (χ1v) is 6.67. The molecule has 1 aliphatic rings. The van der Waals surface area contributed by atoms with Crippen LogP contribution in [0.4, 0.5) is 0 Å². The summed E-state index contributed by atoms with van der Waals surface area (Å²) in [5, 5.41) is 0. The van der Waals surface area contributed by atoms with Crippen molar-refractivity contribution in [3.8, 4) is 0 Å². The van der Waals surface area contributed by atoms with E-state index in [9.17, 15) is 4.79 Å². The molecule has 1 aromatic heterocycles. The molecule has 2 unspecified atom stereocenters. The van der Waals surface area contributed by atoms with Crippen LogP contribution < -0.4 is 0 Å². The van der Waals surface area contributed by atoms with Crippen molar-refractivity contribution >= 4 is 5.78 Å². The standard InChI is InChI=1S/C15H21NO/c1-3-12-5-4-6-13(9-12)15(17)14-8-7-11(2)16-10-14/h7-8,10,12-13H,3-6,9H2,1-2H3. The summed E-state index contributed by atoms with van der Waals surface area (Å²) in [6.07, 6.45) is 7.57. The van der Waals surface area contributed by atoms with E-state index in [1.165, 1.54) is 19.3 Å². The Morgan fingerprint density at radius 1 is 1.41 bits per heavy atom. The molecule has 1 aliphatic carbocycles. The van der Waals surface area contributed by atoms with Gasteiger partial charge in [0.15, 0.2) is 5.78 Å². The summed E-state index contributed by atoms with van der Waals surface area (Å²) in [5.41, 5.74) is 1.76. The van der Waals surface area contributed by atoms with Crippen molar-refractivity contribution in [1.29, 1.82) is 0 Å². The van der Waals surface area contributed by atoms with Gasteiger partial charge in [0.05, 0.1) is 0 Å². The van der Waals surface area contributed by atoms with Crippen LogP contribution in [0.2, 0.25) is 0 Å². The number of pyridine rings is 1. The summed E-state index contributed by atoms with van der Waals surface area (Å²) >= 11 is 0. The van der Waals surface area contributed by atoms with Crippen molar-refractivity contribution in [3.05, 3.63) is 29.6 Å². The van der Waals surface area contributed by atoms with Crippen LogP contribution >= 0.6 is 0 Å². The SMILES string of the molecule is CCC1CCCC(C(=O)c2ccc(C)nc2)C1. The fraction of sp³-hybridized carbons (Fsp3) is 0.600. The molecule has 2 rings (SSSR count). The highest BCUT2D eigenvalue weighted by atomic mass is 16.1. The fourth-order valence-corrected chi connectivity index (χ4v) is 2.75. The molecule has 1 saturated carbocycles. The Morgan fingerprint density at radius 3 is 2.88 bits per heavy atom. The molecule has 0 N–H and O–H groups in total. The maximum atomic E-state index is 12.3.